The van der Waals surface area contributed by atoms with Gasteiger partial charge in [0.1, 0.15) is 6.54 Å². The fourth-order valence-corrected chi connectivity index (χ4v) is 1.88. The summed E-state index contributed by atoms with van der Waals surface area (Å²) in [5.41, 5.74) is -0.426. The Labute approximate surface area is 160 Å². The lowest BCUT2D eigenvalue weighted by molar-refractivity contribution is -0.114. The Morgan fingerprint density at radius 2 is 1.92 bits per heavy atom. The Kier molecular flexibility index (Phi) is 11.6. The van der Waals surface area contributed by atoms with E-state index in [9.17, 15) is 18.0 Å². The van der Waals surface area contributed by atoms with E-state index in [-0.39, 0.29) is 30.5 Å². The molecule has 1 rings (SSSR count). The summed E-state index contributed by atoms with van der Waals surface area (Å²) in [5, 5.41) is 8.13. The van der Waals surface area contributed by atoms with Gasteiger partial charge in [-0.15, -0.1) is 24.0 Å². The quantitative estimate of drug-likeness (QED) is 0.186. The molecule has 0 radical (unpaired) electrons. The molecule has 0 spiro atoms. The van der Waals surface area contributed by atoms with Crippen molar-refractivity contribution in [3.8, 4) is 0 Å². The lowest BCUT2D eigenvalue weighted by Gasteiger charge is -2.11. The second-order valence-corrected chi connectivity index (χ2v) is 5.37. The largest absolute Gasteiger partial charge is 0.357 e. The number of hydrogen-bond acceptors (Lipinski definition) is 3. The smallest absolute Gasteiger partial charge is 0.246 e. The zero-order chi connectivity index (χ0) is 17.2. The van der Waals surface area contributed by atoms with E-state index in [1.807, 2.05) is 13.2 Å². The second-order valence-electron chi connectivity index (χ2n) is 4.39. The molecule has 1 amide bonds. The van der Waals surface area contributed by atoms with Gasteiger partial charge in [0.15, 0.2) is 23.4 Å². The average molecular weight is 476 g/mol. The molecule has 0 aromatic heterocycles. The number of thioether (sulfide) groups is 1. The molecule has 1 aromatic carbocycles. The molecule has 1 aromatic rings. The first kappa shape index (κ1) is 22.8. The minimum Gasteiger partial charge on any atom is -0.357 e. The average Bonchev–Trinajstić information content (AvgIpc) is 2.53. The van der Waals surface area contributed by atoms with Crippen LogP contribution in [0.25, 0.3) is 0 Å². The van der Waals surface area contributed by atoms with E-state index in [1.54, 1.807) is 11.8 Å². The number of hydrogen-bond donors (Lipinski definition) is 3. The van der Waals surface area contributed by atoms with Crippen LogP contribution in [0.1, 0.15) is 6.92 Å². The van der Waals surface area contributed by atoms with Crippen molar-refractivity contribution in [3.63, 3.8) is 0 Å². The van der Waals surface area contributed by atoms with E-state index in [0.717, 1.165) is 17.9 Å². The maximum atomic E-state index is 13.5. The Morgan fingerprint density at radius 1 is 1.21 bits per heavy atom. The van der Waals surface area contributed by atoms with Crippen LogP contribution in [-0.2, 0) is 4.79 Å². The van der Waals surface area contributed by atoms with Crippen LogP contribution < -0.4 is 16.0 Å². The van der Waals surface area contributed by atoms with Gasteiger partial charge in [0.05, 0.1) is 5.69 Å². The molecule has 0 saturated carbocycles. The summed E-state index contributed by atoms with van der Waals surface area (Å²) in [6.45, 7) is 2.88. The highest BCUT2D eigenvalue weighted by Gasteiger charge is 2.15. The number of nitrogens with one attached hydrogen (secondary N) is 3. The third-order valence-electron chi connectivity index (χ3n) is 2.63. The van der Waals surface area contributed by atoms with Crippen LogP contribution in [0.4, 0.5) is 18.9 Å². The van der Waals surface area contributed by atoms with Crippen molar-refractivity contribution in [1.82, 2.24) is 10.6 Å². The number of guanidine groups is 1. The Balaban J connectivity index is 0.00000529. The van der Waals surface area contributed by atoms with Gasteiger partial charge < -0.3 is 16.0 Å². The summed E-state index contributed by atoms with van der Waals surface area (Å²) in [7, 11) is 0. The van der Waals surface area contributed by atoms with Crippen molar-refractivity contribution in [3.05, 3.63) is 29.6 Å². The van der Waals surface area contributed by atoms with Crippen molar-refractivity contribution in [2.75, 3.05) is 37.0 Å². The molecule has 3 N–H and O–H groups in total. The van der Waals surface area contributed by atoms with Crippen LogP contribution in [0.3, 0.4) is 0 Å². The summed E-state index contributed by atoms with van der Waals surface area (Å²) in [6.07, 6.45) is 1.97. The van der Waals surface area contributed by atoms with Crippen molar-refractivity contribution < 1.29 is 18.0 Å². The van der Waals surface area contributed by atoms with Gasteiger partial charge in [0, 0.05) is 18.8 Å². The lowest BCUT2D eigenvalue weighted by atomic mass is 10.3. The van der Waals surface area contributed by atoms with Gasteiger partial charge in [0.25, 0.3) is 0 Å². The summed E-state index contributed by atoms with van der Waals surface area (Å²) in [4.78, 5) is 15.8. The van der Waals surface area contributed by atoms with Crippen LogP contribution in [0.15, 0.2) is 17.1 Å². The monoisotopic (exact) mass is 476 g/mol. The fourth-order valence-electron chi connectivity index (χ4n) is 1.58. The zero-order valence-corrected chi connectivity index (χ0v) is 16.4. The van der Waals surface area contributed by atoms with Crippen LogP contribution in [0.2, 0.25) is 0 Å². The van der Waals surface area contributed by atoms with Gasteiger partial charge in [0.2, 0.25) is 5.91 Å². The number of amides is 1. The standard InChI is InChI=1S/C14H19F3N4OS.HI/c1-3-18-14(19-6-7-23-2)20-8-11(22)21-10-5-4-9(15)12(16)13(10)17;/h4-5H,3,6-8H2,1-2H3,(H,21,22)(H2,18,19,20);1H. The minimum atomic E-state index is -1.63. The number of carbonyl (C=O) groups is 1. The maximum absolute atomic E-state index is 13.5. The Morgan fingerprint density at radius 3 is 2.54 bits per heavy atom. The van der Waals surface area contributed by atoms with E-state index in [0.29, 0.717) is 19.0 Å². The summed E-state index contributed by atoms with van der Waals surface area (Å²) in [5.74, 6) is -3.70. The number of carbonyl (C=O) groups excluding carboxylic acids is 1. The van der Waals surface area contributed by atoms with Gasteiger partial charge in [-0.1, -0.05) is 0 Å². The first-order valence-electron chi connectivity index (χ1n) is 6.94. The van der Waals surface area contributed by atoms with Gasteiger partial charge >= 0.3 is 0 Å². The van der Waals surface area contributed by atoms with Crippen LogP contribution in [0, 0.1) is 17.5 Å². The molecule has 0 aliphatic carbocycles. The van der Waals surface area contributed by atoms with E-state index < -0.39 is 29.0 Å². The third-order valence-corrected chi connectivity index (χ3v) is 3.25. The SMILES string of the molecule is CCNC(=NCC(=O)Nc1ccc(F)c(F)c1F)NCCSC.I. The Bertz CT molecular complexity index is 575. The molecule has 0 atom stereocenters. The predicted octanol–water partition coefficient (Wildman–Crippen LogP) is 2.58. The molecule has 5 nitrogen and oxygen atoms in total. The van der Waals surface area contributed by atoms with Gasteiger partial charge in [-0.3, -0.25) is 4.79 Å². The summed E-state index contributed by atoms with van der Waals surface area (Å²) < 4.78 is 39.3. The maximum Gasteiger partial charge on any atom is 0.246 e. The molecule has 10 heteroatoms. The molecule has 0 unspecified atom stereocenters. The zero-order valence-electron chi connectivity index (χ0n) is 13.3. The molecule has 0 heterocycles. The highest BCUT2D eigenvalue weighted by atomic mass is 127. The highest BCUT2D eigenvalue weighted by molar-refractivity contribution is 14.0. The number of halogens is 4. The molecule has 24 heavy (non-hydrogen) atoms. The normalized spacial score (nSPS) is 10.8. The summed E-state index contributed by atoms with van der Waals surface area (Å²) >= 11 is 1.66. The van der Waals surface area contributed by atoms with Gasteiger partial charge in [-0.05, 0) is 25.3 Å². The number of nitrogens with zero attached hydrogens (tertiary/aromatic N) is 1. The molecule has 0 aliphatic heterocycles. The van der Waals surface area contributed by atoms with Crippen molar-refractivity contribution in [1.29, 1.82) is 0 Å². The number of rotatable bonds is 7. The predicted molar refractivity (Wildman–Crippen MR) is 103 cm³/mol. The second kappa shape index (κ2) is 12.2. The topological polar surface area (TPSA) is 65.5 Å². The number of anilines is 1. The molecular formula is C14H20F3IN4OS. The Hall–Kier alpha value is -1.17. The molecule has 0 bridgehead atoms. The van der Waals surface area contributed by atoms with E-state index in [1.165, 1.54) is 0 Å². The van der Waals surface area contributed by atoms with E-state index >= 15 is 0 Å². The van der Waals surface area contributed by atoms with Crippen molar-refractivity contribution in [2.24, 2.45) is 4.99 Å². The van der Waals surface area contributed by atoms with Crippen molar-refractivity contribution in [2.45, 2.75) is 6.92 Å². The lowest BCUT2D eigenvalue weighted by Crippen LogP contribution is -2.39. The van der Waals surface area contributed by atoms with Crippen LogP contribution >= 0.6 is 35.7 Å². The molecule has 136 valence electrons. The van der Waals surface area contributed by atoms with Gasteiger partial charge in [-0.2, -0.15) is 11.8 Å². The highest BCUT2D eigenvalue weighted by Crippen LogP contribution is 2.19. The molecule has 0 saturated heterocycles. The molecular weight excluding hydrogens is 456 g/mol. The third kappa shape index (κ3) is 7.60. The van der Waals surface area contributed by atoms with Crippen molar-refractivity contribution >= 4 is 53.3 Å². The molecule has 0 aliphatic rings. The van der Waals surface area contributed by atoms with Gasteiger partial charge in [-0.25, -0.2) is 18.2 Å². The summed E-state index contributed by atoms with van der Waals surface area (Å²) in [6, 6.07) is 1.70. The number of aliphatic imine (C=N–C) groups is 1. The van der Waals surface area contributed by atoms with Crippen LogP contribution in [-0.4, -0.2) is 43.5 Å². The van der Waals surface area contributed by atoms with E-state index in [2.05, 4.69) is 20.9 Å². The fraction of sp³-hybridized carbons (Fsp3) is 0.429. The first-order valence-corrected chi connectivity index (χ1v) is 8.33. The first-order chi connectivity index (χ1) is 11.0. The minimum absolute atomic E-state index is 0. The van der Waals surface area contributed by atoms with E-state index in [4.69, 9.17) is 0 Å². The van der Waals surface area contributed by atoms with Crippen LogP contribution in [0.5, 0.6) is 0 Å². The number of benzene rings is 1. The molecule has 0 fully saturated rings.